The molecule has 1 fully saturated rings. The topological polar surface area (TPSA) is 99.9 Å². The van der Waals surface area contributed by atoms with Crippen molar-refractivity contribution in [2.24, 2.45) is 0 Å². The van der Waals surface area contributed by atoms with Crippen LogP contribution in [-0.4, -0.2) is 51.9 Å². The Morgan fingerprint density at radius 1 is 1.23 bits per heavy atom. The molecule has 0 aliphatic carbocycles. The molecule has 1 aromatic heterocycles. The van der Waals surface area contributed by atoms with Crippen molar-refractivity contribution in [3.63, 3.8) is 0 Å². The van der Waals surface area contributed by atoms with Gasteiger partial charge >= 0.3 is 19.2 Å². The second kappa shape index (κ2) is 6.10. The summed E-state index contributed by atoms with van der Waals surface area (Å²) in [6.07, 6.45) is -0.740. The number of nitrogens with zero attached hydrogens (tertiary/aromatic N) is 2. The van der Waals surface area contributed by atoms with Crippen LogP contribution in [0.3, 0.4) is 0 Å². The first-order valence-electron chi connectivity index (χ1n) is 8.36. The molecule has 1 saturated heterocycles. The van der Waals surface area contributed by atoms with Crippen molar-refractivity contribution in [3.05, 3.63) is 23.9 Å². The molecule has 3 rings (SSSR count). The smallest absolute Gasteiger partial charge is 0.476 e. The van der Waals surface area contributed by atoms with Crippen LogP contribution in [0.15, 0.2) is 18.2 Å². The number of aromatic nitrogens is 2. The highest BCUT2D eigenvalue weighted by Crippen LogP contribution is 2.36. The Balaban J connectivity index is 2.09. The fraction of sp³-hybridized carbons (Fsp3) is 0.471. The zero-order chi connectivity index (χ0) is 19.3. The molecule has 26 heavy (non-hydrogen) atoms. The number of hydrogen-bond acceptors (Lipinski definition) is 6. The van der Waals surface area contributed by atoms with Crippen molar-refractivity contribution in [1.82, 2.24) is 9.78 Å². The molecular formula is C17H21BN2O6. The second-order valence-corrected chi connectivity index (χ2v) is 7.13. The molecule has 2 aromatic rings. The molecule has 0 spiro atoms. The number of carboxylic acids is 1. The minimum Gasteiger partial charge on any atom is -0.476 e. The van der Waals surface area contributed by atoms with Crippen LogP contribution in [0.25, 0.3) is 10.9 Å². The highest BCUT2D eigenvalue weighted by atomic mass is 16.7. The van der Waals surface area contributed by atoms with Crippen LogP contribution >= 0.6 is 0 Å². The van der Waals surface area contributed by atoms with E-state index in [0.717, 1.165) is 4.68 Å². The van der Waals surface area contributed by atoms with Gasteiger partial charge in [0.2, 0.25) is 0 Å². The first kappa shape index (κ1) is 18.4. The summed E-state index contributed by atoms with van der Waals surface area (Å²) in [5.41, 5.74) is -0.249. The Hall–Kier alpha value is -2.39. The van der Waals surface area contributed by atoms with E-state index in [1.54, 1.807) is 25.1 Å². The van der Waals surface area contributed by atoms with Crippen LogP contribution in [0.2, 0.25) is 0 Å². The van der Waals surface area contributed by atoms with Crippen molar-refractivity contribution < 1.29 is 28.7 Å². The molecule has 1 N–H and O–H groups in total. The number of carbonyl (C=O) groups is 2. The maximum Gasteiger partial charge on any atom is 0.494 e. The molecule has 0 amide bonds. The van der Waals surface area contributed by atoms with Crippen molar-refractivity contribution in [3.8, 4) is 0 Å². The maximum absolute atomic E-state index is 12.2. The zero-order valence-electron chi connectivity index (χ0n) is 15.4. The Morgan fingerprint density at radius 2 is 1.85 bits per heavy atom. The van der Waals surface area contributed by atoms with Gasteiger partial charge in [-0.2, -0.15) is 9.78 Å². The van der Waals surface area contributed by atoms with E-state index in [9.17, 15) is 14.7 Å². The van der Waals surface area contributed by atoms with Gasteiger partial charge in [-0.1, -0.05) is 12.1 Å². The fourth-order valence-electron chi connectivity index (χ4n) is 2.74. The number of carbonyl (C=O) groups excluding carboxylic acids is 1. The summed E-state index contributed by atoms with van der Waals surface area (Å²) >= 11 is 0. The van der Waals surface area contributed by atoms with Crippen LogP contribution in [0.5, 0.6) is 0 Å². The van der Waals surface area contributed by atoms with E-state index in [0.29, 0.717) is 16.4 Å². The molecule has 8 nitrogen and oxygen atoms in total. The zero-order valence-corrected chi connectivity index (χ0v) is 15.4. The van der Waals surface area contributed by atoms with Gasteiger partial charge in [0.25, 0.3) is 0 Å². The van der Waals surface area contributed by atoms with Crippen molar-refractivity contribution >= 4 is 35.5 Å². The quantitative estimate of drug-likeness (QED) is 0.836. The van der Waals surface area contributed by atoms with Gasteiger partial charge in [-0.15, -0.1) is 0 Å². The Morgan fingerprint density at radius 3 is 2.38 bits per heavy atom. The van der Waals surface area contributed by atoms with Crippen molar-refractivity contribution in [2.75, 3.05) is 6.61 Å². The summed E-state index contributed by atoms with van der Waals surface area (Å²) < 4.78 is 18.0. The van der Waals surface area contributed by atoms with Crippen LogP contribution in [-0.2, 0) is 14.0 Å². The molecule has 1 aliphatic rings. The Kier molecular flexibility index (Phi) is 4.32. The number of carboxylic acid groups (broad SMARTS) is 1. The normalized spacial score (nSPS) is 18.3. The van der Waals surface area contributed by atoms with Gasteiger partial charge < -0.3 is 19.2 Å². The Labute approximate surface area is 151 Å². The number of hydrogen-bond donors (Lipinski definition) is 1. The SMILES string of the molecule is CCOC(=O)n1nc(C(=O)O)c2ccc(B3OC(C)(C)C(C)(C)O3)cc21. The van der Waals surface area contributed by atoms with E-state index < -0.39 is 30.4 Å². The highest BCUT2D eigenvalue weighted by Gasteiger charge is 2.51. The number of benzene rings is 1. The average molecular weight is 360 g/mol. The summed E-state index contributed by atoms with van der Waals surface area (Å²) in [6.45, 7) is 9.58. The fourth-order valence-corrected chi connectivity index (χ4v) is 2.74. The van der Waals surface area contributed by atoms with E-state index in [2.05, 4.69) is 5.10 Å². The molecule has 0 radical (unpaired) electrons. The summed E-state index contributed by atoms with van der Waals surface area (Å²) in [4.78, 5) is 23.6. The van der Waals surface area contributed by atoms with Crippen molar-refractivity contribution in [1.29, 1.82) is 0 Å². The Bertz CT molecular complexity index is 873. The minimum absolute atomic E-state index is 0.152. The summed E-state index contributed by atoms with van der Waals surface area (Å²) in [6, 6.07) is 4.96. The lowest BCUT2D eigenvalue weighted by Gasteiger charge is -2.32. The monoisotopic (exact) mass is 360 g/mol. The summed E-state index contributed by atoms with van der Waals surface area (Å²) in [5, 5.41) is 13.6. The van der Waals surface area contributed by atoms with Crippen LogP contribution in [0.4, 0.5) is 4.79 Å². The minimum atomic E-state index is -1.22. The van der Waals surface area contributed by atoms with Gasteiger partial charge in [0.15, 0.2) is 5.69 Å². The van der Waals surface area contributed by atoms with Crippen molar-refractivity contribution in [2.45, 2.75) is 45.8 Å². The third-order valence-electron chi connectivity index (χ3n) is 4.87. The summed E-state index contributed by atoms with van der Waals surface area (Å²) in [5.74, 6) is -1.22. The van der Waals surface area contributed by atoms with E-state index >= 15 is 0 Å². The first-order valence-corrected chi connectivity index (χ1v) is 8.36. The van der Waals surface area contributed by atoms with Crippen LogP contribution in [0.1, 0.15) is 45.1 Å². The predicted molar refractivity (Wildman–Crippen MR) is 94.8 cm³/mol. The molecule has 0 atom stereocenters. The van der Waals surface area contributed by atoms with Gasteiger partial charge in [-0.05, 0) is 46.1 Å². The maximum atomic E-state index is 12.2. The number of fused-ring (bicyclic) bond motifs is 1. The number of aromatic carboxylic acids is 1. The predicted octanol–water partition coefficient (Wildman–Crippen LogP) is 2.04. The van der Waals surface area contributed by atoms with E-state index in [1.807, 2.05) is 27.7 Å². The number of rotatable bonds is 3. The van der Waals surface area contributed by atoms with Crippen LogP contribution in [0, 0.1) is 0 Å². The van der Waals surface area contributed by atoms with Gasteiger partial charge in [0, 0.05) is 5.39 Å². The molecule has 9 heteroatoms. The molecule has 0 bridgehead atoms. The number of ether oxygens (including phenoxy) is 1. The lowest BCUT2D eigenvalue weighted by Crippen LogP contribution is -2.41. The molecule has 1 aliphatic heterocycles. The first-order chi connectivity index (χ1) is 12.1. The second-order valence-electron chi connectivity index (χ2n) is 7.13. The van der Waals surface area contributed by atoms with Gasteiger partial charge in [0.05, 0.1) is 23.3 Å². The molecule has 2 heterocycles. The lowest BCUT2D eigenvalue weighted by molar-refractivity contribution is 0.00578. The molecule has 138 valence electrons. The molecular weight excluding hydrogens is 339 g/mol. The van der Waals surface area contributed by atoms with Gasteiger partial charge in [-0.25, -0.2) is 9.59 Å². The average Bonchev–Trinajstić information content (AvgIpc) is 3.02. The van der Waals surface area contributed by atoms with Gasteiger partial charge in [0.1, 0.15) is 0 Å². The van der Waals surface area contributed by atoms with E-state index in [4.69, 9.17) is 14.0 Å². The standard InChI is InChI=1S/C17H21BN2O6/c1-6-24-15(23)20-12-9-10(7-8-11(12)13(19-20)14(21)22)18-25-16(2,3)17(4,5)26-18/h7-9H,6H2,1-5H3,(H,21,22). The third-order valence-corrected chi connectivity index (χ3v) is 4.87. The highest BCUT2D eigenvalue weighted by molar-refractivity contribution is 6.62. The van der Waals surface area contributed by atoms with Crippen LogP contribution < -0.4 is 5.46 Å². The lowest BCUT2D eigenvalue weighted by atomic mass is 9.79. The third kappa shape index (κ3) is 2.87. The van der Waals surface area contributed by atoms with E-state index in [-0.39, 0.29) is 12.3 Å². The largest absolute Gasteiger partial charge is 0.494 e. The molecule has 1 aromatic carbocycles. The molecule has 0 saturated carbocycles. The summed E-state index contributed by atoms with van der Waals surface area (Å²) in [7, 11) is -0.636. The van der Waals surface area contributed by atoms with E-state index in [1.165, 1.54) is 0 Å². The van der Waals surface area contributed by atoms with Gasteiger partial charge in [-0.3, -0.25) is 0 Å². The molecule has 0 unspecified atom stereocenters.